The summed E-state index contributed by atoms with van der Waals surface area (Å²) in [6.45, 7) is 5.41. The van der Waals surface area contributed by atoms with E-state index in [4.69, 9.17) is 5.11 Å². The summed E-state index contributed by atoms with van der Waals surface area (Å²) < 4.78 is 0. The van der Waals surface area contributed by atoms with Gasteiger partial charge in [-0.15, -0.1) is 0 Å². The molecule has 1 rings (SSSR count). The van der Waals surface area contributed by atoms with Crippen LogP contribution < -0.4 is 10.6 Å². The molecule has 0 radical (unpaired) electrons. The van der Waals surface area contributed by atoms with E-state index in [2.05, 4.69) is 10.6 Å². The molecule has 1 fully saturated rings. The molecule has 6 nitrogen and oxygen atoms in total. The number of carboxylic acid groups (broad SMARTS) is 1. The van der Waals surface area contributed by atoms with Crippen molar-refractivity contribution in [2.75, 3.05) is 6.54 Å². The SMILES string of the molecule is CC(C)(C)NC(=O)CNC(=O)C1CC1C(=O)O. The number of carbonyl (C=O) groups is 3. The van der Waals surface area contributed by atoms with Crippen LogP contribution in [0.25, 0.3) is 0 Å². The fourth-order valence-electron chi connectivity index (χ4n) is 1.52. The number of carboxylic acids is 1. The van der Waals surface area contributed by atoms with E-state index in [1.807, 2.05) is 20.8 Å². The molecule has 1 saturated carbocycles. The van der Waals surface area contributed by atoms with E-state index >= 15 is 0 Å². The third-order valence-corrected chi connectivity index (χ3v) is 2.38. The van der Waals surface area contributed by atoms with Crippen molar-refractivity contribution >= 4 is 17.8 Å². The highest BCUT2D eigenvalue weighted by Gasteiger charge is 2.48. The van der Waals surface area contributed by atoms with Gasteiger partial charge in [-0.1, -0.05) is 0 Å². The highest BCUT2D eigenvalue weighted by molar-refractivity contribution is 5.91. The minimum atomic E-state index is -0.954. The number of amides is 2. The summed E-state index contributed by atoms with van der Waals surface area (Å²) in [5, 5.41) is 13.8. The minimum Gasteiger partial charge on any atom is -0.481 e. The summed E-state index contributed by atoms with van der Waals surface area (Å²) in [6, 6.07) is 0. The van der Waals surface area contributed by atoms with Gasteiger partial charge in [0.25, 0.3) is 0 Å². The van der Waals surface area contributed by atoms with Gasteiger partial charge < -0.3 is 15.7 Å². The minimum absolute atomic E-state index is 0.112. The average Bonchev–Trinajstić information content (AvgIpc) is 2.90. The fourth-order valence-corrected chi connectivity index (χ4v) is 1.52. The van der Waals surface area contributed by atoms with E-state index in [1.165, 1.54) is 0 Å². The van der Waals surface area contributed by atoms with Gasteiger partial charge in [0.2, 0.25) is 11.8 Å². The zero-order chi connectivity index (χ0) is 13.2. The largest absolute Gasteiger partial charge is 0.481 e. The third-order valence-electron chi connectivity index (χ3n) is 2.38. The summed E-state index contributed by atoms with van der Waals surface area (Å²) in [6.07, 6.45) is 0.363. The monoisotopic (exact) mass is 242 g/mol. The molecule has 17 heavy (non-hydrogen) atoms. The number of aliphatic carboxylic acids is 1. The lowest BCUT2D eigenvalue weighted by molar-refractivity contribution is -0.140. The Hall–Kier alpha value is -1.59. The molecule has 0 aliphatic heterocycles. The Kier molecular flexibility index (Phi) is 3.75. The van der Waals surface area contributed by atoms with Crippen LogP contribution in [0.4, 0.5) is 0 Å². The van der Waals surface area contributed by atoms with Gasteiger partial charge >= 0.3 is 5.97 Å². The highest BCUT2D eigenvalue weighted by atomic mass is 16.4. The van der Waals surface area contributed by atoms with Crippen molar-refractivity contribution in [1.29, 1.82) is 0 Å². The molecular weight excluding hydrogens is 224 g/mol. The summed E-state index contributed by atoms with van der Waals surface area (Å²) in [5.74, 6) is -2.65. The van der Waals surface area contributed by atoms with Crippen molar-refractivity contribution in [3.05, 3.63) is 0 Å². The Labute approximate surface area is 99.8 Å². The van der Waals surface area contributed by atoms with Crippen LogP contribution >= 0.6 is 0 Å². The molecule has 6 heteroatoms. The molecule has 0 spiro atoms. The van der Waals surface area contributed by atoms with Crippen molar-refractivity contribution in [3.63, 3.8) is 0 Å². The predicted octanol–water partition coefficient (Wildman–Crippen LogP) is -0.262. The maximum atomic E-state index is 11.4. The molecule has 1 aliphatic rings. The summed E-state index contributed by atoms with van der Waals surface area (Å²) in [4.78, 5) is 33.4. The summed E-state index contributed by atoms with van der Waals surface area (Å²) >= 11 is 0. The lowest BCUT2D eigenvalue weighted by Gasteiger charge is -2.20. The highest BCUT2D eigenvalue weighted by Crippen LogP contribution is 2.38. The first-order valence-electron chi connectivity index (χ1n) is 5.52. The zero-order valence-electron chi connectivity index (χ0n) is 10.2. The van der Waals surface area contributed by atoms with Crippen LogP contribution in [0.15, 0.2) is 0 Å². The Balaban J connectivity index is 2.26. The van der Waals surface area contributed by atoms with Crippen molar-refractivity contribution in [2.45, 2.75) is 32.7 Å². The van der Waals surface area contributed by atoms with Gasteiger partial charge in [0, 0.05) is 5.54 Å². The quantitative estimate of drug-likeness (QED) is 0.632. The first-order chi connectivity index (χ1) is 7.70. The standard InChI is InChI=1S/C11H18N2O4/c1-11(2,3)13-8(14)5-12-9(15)6-4-7(6)10(16)17/h6-7H,4-5H2,1-3H3,(H,12,15)(H,13,14)(H,16,17). The van der Waals surface area contributed by atoms with Gasteiger partial charge in [0.1, 0.15) is 0 Å². The van der Waals surface area contributed by atoms with Crippen LogP contribution in [0.2, 0.25) is 0 Å². The molecule has 0 aromatic carbocycles. The Morgan fingerprint density at radius 1 is 1.24 bits per heavy atom. The maximum absolute atomic E-state index is 11.4. The number of rotatable bonds is 4. The summed E-state index contributed by atoms with van der Waals surface area (Å²) in [7, 11) is 0. The van der Waals surface area contributed by atoms with Gasteiger partial charge in [-0.2, -0.15) is 0 Å². The van der Waals surface area contributed by atoms with Crippen LogP contribution in [0.1, 0.15) is 27.2 Å². The van der Waals surface area contributed by atoms with Crippen LogP contribution in [0.3, 0.4) is 0 Å². The van der Waals surface area contributed by atoms with E-state index in [1.54, 1.807) is 0 Å². The first-order valence-corrected chi connectivity index (χ1v) is 5.52. The van der Waals surface area contributed by atoms with Crippen LogP contribution in [-0.2, 0) is 14.4 Å². The smallest absolute Gasteiger partial charge is 0.307 e. The van der Waals surface area contributed by atoms with E-state index < -0.39 is 17.8 Å². The number of hydrogen-bond acceptors (Lipinski definition) is 3. The number of nitrogens with one attached hydrogen (secondary N) is 2. The Morgan fingerprint density at radius 2 is 1.82 bits per heavy atom. The average molecular weight is 242 g/mol. The van der Waals surface area contributed by atoms with Crippen molar-refractivity contribution in [2.24, 2.45) is 11.8 Å². The third kappa shape index (κ3) is 4.42. The van der Waals surface area contributed by atoms with E-state index in [0.717, 1.165) is 0 Å². The first kappa shape index (κ1) is 13.5. The molecule has 2 amide bonds. The predicted molar refractivity (Wildman–Crippen MR) is 60.1 cm³/mol. The van der Waals surface area contributed by atoms with Crippen molar-refractivity contribution in [3.8, 4) is 0 Å². The molecule has 0 saturated heterocycles. The second-order valence-corrected chi connectivity index (χ2v) is 5.30. The molecule has 0 aromatic heterocycles. The van der Waals surface area contributed by atoms with Crippen LogP contribution in [-0.4, -0.2) is 35.0 Å². The molecule has 0 aromatic rings. The zero-order valence-corrected chi connectivity index (χ0v) is 10.2. The van der Waals surface area contributed by atoms with Gasteiger partial charge in [-0.25, -0.2) is 0 Å². The van der Waals surface area contributed by atoms with Gasteiger partial charge in [-0.05, 0) is 27.2 Å². The molecule has 0 bridgehead atoms. The van der Waals surface area contributed by atoms with Crippen molar-refractivity contribution in [1.82, 2.24) is 10.6 Å². The maximum Gasteiger partial charge on any atom is 0.307 e. The molecule has 1 aliphatic carbocycles. The second-order valence-electron chi connectivity index (χ2n) is 5.30. The second kappa shape index (κ2) is 4.73. The normalized spacial score (nSPS) is 22.8. The molecule has 3 N–H and O–H groups in total. The Morgan fingerprint density at radius 3 is 2.24 bits per heavy atom. The van der Waals surface area contributed by atoms with Gasteiger partial charge in [0.05, 0.1) is 18.4 Å². The lowest BCUT2D eigenvalue weighted by Crippen LogP contribution is -2.46. The van der Waals surface area contributed by atoms with Crippen LogP contribution in [0, 0.1) is 11.8 Å². The van der Waals surface area contributed by atoms with Crippen molar-refractivity contribution < 1.29 is 19.5 Å². The van der Waals surface area contributed by atoms with E-state index in [9.17, 15) is 14.4 Å². The molecule has 96 valence electrons. The number of carbonyl (C=O) groups excluding carboxylic acids is 2. The van der Waals surface area contributed by atoms with E-state index in [0.29, 0.717) is 6.42 Å². The molecule has 2 atom stereocenters. The molecule has 2 unspecified atom stereocenters. The Bertz CT molecular complexity index is 346. The summed E-state index contributed by atoms with van der Waals surface area (Å²) in [5.41, 5.74) is -0.342. The topological polar surface area (TPSA) is 95.5 Å². The van der Waals surface area contributed by atoms with E-state index in [-0.39, 0.29) is 23.9 Å². The number of hydrogen-bond donors (Lipinski definition) is 3. The van der Waals surface area contributed by atoms with Gasteiger partial charge in [-0.3, -0.25) is 14.4 Å². The van der Waals surface area contributed by atoms with Crippen LogP contribution in [0.5, 0.6) is 0 Å². The molecule has 0 heterocycles. The molecular formula is C11H18N2O4. The lowest BCUT2D eigenvalue weighted by atomic mass is 10.1. The van der Waals surface area contributed by atoms with Gasteiger partial charge in [0.15, 0.2) is 0 Å². The fraction of sp³-hybridized carbons (Fsp3) is 0.727.